The first-order valence-electron chi connectivity index (χ1n) is 7.33. The minimum Gasteiger partial charge on any atom is -0.503 e. The Morgan fingerprint density at radius 2 is 1.76 bits per heavy atom. The van der Waals surface area contributed by atoms with E-state index in [2.05, 4.69) is 9.99 Å². The monoisotopic (exact) mass is 347 g/mol. The average Bonchev–Trinajstić information content (AvgIpc) is 2.59. The molecule has 0 N–H and O–H groups in total. The number of carbonyl (C=O) groups excluding carboxylic acids is 2. The molecule has 1 rings (SSSR count). The zero-order valence-corrected chi connectivity index (χ0v) is 14.9. The van der Waals surface area contributed by atoms with Gasteiger partial charge in [0, 0.05) is 11.6 Å². The normalized spacial score (nSPS) is 12.4. The highest BCUT2D eigenvalue weighted by Crippen LogP contribution is 2.27. The van der Waals surface area contributed by atoms with Crippen molar-refractivity contribution in [2.75, 3.05) is 21.3 Å². The molecule has 0 amide bonds. The summed E-state index contributed by atoms with van der Waals surface area (Å²) in [6, 6.07) is 6.58. The number of esters is 2. The lowest BCUT2D eigenvalue weighted by Crippen LogP contribution is -2.11. The van der Waals surface area contributed by atoms with Crippen LogP contribution >= 0.6 is 0 Å². The van der Waals surface area contributed by atoms with E-state index >= 15 is 0 Å². The van der Waals surface area contributed by atoms with E-state index in [1.807, 2.05) is 0 Å². The van der Waals surface area contributed by atoms with Crippen molar-refractivity contribution < 1.29 is 28.6 Å². The van der Waals surface area contributed by atoms with Gasteiger partial charge in [-0.1, -0.05) is 23.4 Å². The van der Waals surface area contributed by atoms with Crippen molar-refractivity contribution in [3.05, 3.63) is 47.7 Å². The van der Waals surface area contributed by atoms with Crippen LogP contribution in [0.2, 0.25) is 0 Å². The third kappa shape index (κ3) is 5.80. The summed E-state index contributed by atoms with van der Waals surface area (Å²) in [4.78, 5) is 28.7. The fraction of sp³-hybridized carbons (Fsp3) is 0.278. The van der Waals surface area contributed by atoms with Crippen molar-refractivity contribution in [2.45, 2.75) is 13.8 Å². The second-order valence-electron chi connectivity index (χ2n) is 4.86. The summed E-state index contributed by atoms with van der Waals surface area (Å²) in [5.41, 5.74) is 1.64. The number of nitrogens with zero attached hydrogens (tertiary/aromatic N) is 1. The largest absolute Gasteiger partial charge is 0.503 e. The maximum absolute atomic E-state index is 12.1. The van der Waals surface area contributed by atoms with Gasteiger partial charge in [-0.2, -0.15) is 0 Å². The van der Waals surface area contributed by atoms with Crippen molar-refractivity contribution in [1.29, 1.82) is 0 Å². The minimum absolute atomic E-state index is 0.131. The molecule has 7 heteroatoms. The SMILES string of the molecule is COC=C(C(=O)OC)c1ccccc1OC(=O)C=C(C)C(C)=NOC. The lowest BCUT2D eigenvalue weighted by molar-refractivity contribution is -0.134. The van der Waals surface area contributed by atoms with Gasteiger partial charge in [-0.15, -0.1) is 0 Å². The van der Waals surface area contributed by atoms with E-state index in [0.29, 0.717) is 16.8 Å². The van der Waals surface area contributed by atoms with Gasteiger partial charge in [-0.05, 0) is 25.5 Å². The molecule has 0 aliphatic rings. The molecule has 0 atom stereocenters. The fourth-order valence-corrected chi connectivity index (χ4v) is 1.86. The molecular formula is C18H21NO6. The first-order valence-corrected chi connectivity index (χ1v) is 7.33. The quantitative estimate of drug-likeness (QED) is 0.188. The molecule has 0 radical (unpaired) electrons. The number of rotatable bonds is 7. The number of allylic oxidation sites excluding steroid dienone is 1. The van der Waals surface area contributed by atoms with Gasteiger partial charge in [-0.3, -0.25) is 0 Å². The lowest BCUT2D eigenvalue weighted by Gasteiger charge is -2.11. The van der Waals surface area contributed by atoms with Gasteiger partial charge in [0.15, 0.2) is 0 Å². The second kappa shape index (κ2) is 9.92. The van der Waals surface area contributed by atoms with Gasteiger partial charge in [0.2, 0.25) is 0 Å². The standard InChI is InChI=1S/C18H21NO6/c1-12(13(2)19-24-5)10-17(20)25-16-9-7-6-8-14(16)15(11-22-3)18(21)23-4/h6-11H,1-5H3. The highest BCUT2D eigenvalue weighted by Gasteiger charge is 2.18. The van der Waals surface area contributed by atoms with E-state index in [4.69, 9.17) is 14.2 Å². The molecular weight excluding hydrogens is 326 g/mol. The van der Waals surface area contributed by atoms with Crippen LogP contribution in [0.15, 0.2) is 47.3 Å². The molecule has 0 unspecified atom stereocenters. The molecule has 0 spiro atoms. The predicted molar refractivity (Wildman–Crippen MR) is 93.0 cm³/mol. The summed E-state index contributed by atoms with van der Waals surface area (Å²) in [5.74, 6) is -1.02. The maximum Gasteiger partial charge on any atom is 0.341 e. The first kappa shape index (κ1) is 20.0. The van der Waals surface area contributed by atoms with Gasteiger partial charge in [-0.25, -0.2) is 9.59 Å². The number of benzene rings is 1. The van der Waals surface area contributed by atoms with Gasteiger partial charge in [0.1, 0.15) is 18.4 Å². The van der Waals surface area contributed by atoms with E-state index in [1.54, 1.807) is 38.1 Å². The van der Waals surface area contributed by atoms with Crippen LogP contribution in [-0.2, 0) is 23.9 Å². The van der Waals surface area contributed by atoms with Crippen LogP contribution in [0.4, 0.5) is 0 Å². The Morgan fingerprint density at radius 3 is 2.36 bits per heavy atom. The Kier molecular flexibility index (Phi) is 7.92. The minimum atomic E-state index is -0.614. The smallest absolute Gasteiger partial charge is 0.341 e. The molecule has 0 heterocycles. The van der Waals surface area contributed by atoms with E-state index in [0.717, 1.165) is 0 Å². The lowest BCUT2D eigenvalue weighted by atomic mass is 10.1. The van der Waals surface area contributed by atoms with E-state index in [-0.39, 0.29) is 11.3 Å². The molecule has 0 saturated carbocycles. The van der Waals surface area contributed by atoms with Gasteiger partial charge in [0.05, 0.1) is 26.2 Å². The summed E-state index contributed by atoms with van der Waals surface area (Å²) in [7, 11) is 4.08. The van der Waals surface area contributed by atoms with Crippen LogP contribution in [-0.4, -0.2) is 39.0 Å². The average molecular weight is 347 g/mol. The van der Waals surface area contributed by atoms with E-state index in [9.17, 15) is 9.59 Å². The summed E-state index contributed by atoms with van der Waals surface area (Å²) >= 11 is 0. The Hall–Kier alpha value is -3.09. The van der Waals surface area contributed by atoms with Gasteiger partial charge < -0.3 is 19.0 Å². The molecule has 25 heavy (non-hydrogen) atoms. The topological polar surface area (TPSA) is 83.4 Å². The number of carbonyl (C=O) groups is 2. The Bertz CT molecular complexity index is 718. The Labute approximate surface area is 146 Å². The highest BCUT2D eigenvalue weighted by atomic mass is 16.6. The van der Waals surface area contributed by atoms with Crippen molar-refractivity contribution in [2.24, 2.45) is 5.16 Å². The summed E-state index contributed by atoms with van der Waals surface area (Å²) in [6.07, 6.45) is 2.52. The molecule has 0 saturated heterocycles. The maximum atomic E-state index is 12.1. The Balaban J connectivity index is 3.14. The van der Waals surface area contributed by atoms with E-state index < -0.39 is 11.9 Å². The molecule has 7 nitrogen and oxygen atoms in total. The highest BCUT2D eigenvalue weighted by molar-refractivity contribution is 6.17. The van der Waals surface area contributed by atoms with Crippen molar-refractivity contribution >= 4 is 23.2 Å². The molecule has 0 aromatic heterocycles. The zero-order valence-electron chi connectivity index (χ0n) is 14.9. The number of hydrogen-bond donors (Lipinski definition) is 0. The summed E-state index contributed by atoms with van der Waals surface area (Å²) in [6.45, 7) is 3.41. The molecule has 0 aliphatic heterocycles. The van der Waals surface area contributed by atoms with Crippen molar-refractivity contribution in [3.63, 3.8) is 0 Å². The molecule has 134 valence electrons. The van der Waals surface area contributed by atoms with E-state index in [1.165, 1.54) is 33.7 Å². The van der Waals surface area contributed by atoms with Crippen LogP contribution < -0.4 is 4.74 Å². The van der Waals surface area contributed by atoms with Gasteiger partial charge in [0.25, 0.3) is 0 Å². The van der Waals surface area contributed by atoms with Crippen molar-refractivity contribution in [3.8, 4) is 5.75 Å². The van der Waals surface area contributed by atoms with Crippen LogP contribution in [0.25, 0.3) is 5.57 Å². The third-order valence-corrected chi connectivity index (χ3v) is 3.16. The number of ether oxygens (including phenoxy) is 3. The van der Waals surface area contributed by atoms with Crippen LogP contribution in [0, 0.1) is 0 Å². The van der Waals surface area contributed by atoms with Gasteiger partial charge >= 0.3 is 11.9 Å². The molecule has 1 aromatic carbocycles. The molecule has 0 aliphatic carbocycles. The van der Waals surface area contributed by atoms with Crippen LogP contribution in [0.3, 0.4) is 0 Å². The van der Waals surface area contributed by atoms with Crippen LogP contribution in [0.1, 0.15) is 19.4 Å². The predicted octanol–water partition coefficient (Wildman–Crippen LogP) is 2.72. The molecule has 1 aromatic rings. The third-order valence-electron chi connectivity index (χ3n) is 3.16. The van der Waals surface area contributed by atoms with Crippen LogP contribution in [0.5, 0.6) is 5.75 Å². The number of oxime groups is 1. The van der Waals surface area contributed by atoms with Crippen molar-refractivity contribution in [1.82, 2.24) is 0 Å². The zero-order chi connectivity index (χ0) is 18.8. The Morgan fingerprint density at radius 1 is 1.08 bits per heavy atom. The fourth-order valence-electron chi connectivity index (χ4n) is 1.86. The first-order chi connectivity index (χ1) is 11.9. The molecule has 0 fully saturated rings. The number of hydrogen-bond acceptors (Lipinski definition) is 7. The molecule has 0 bridgehead atoms. The summed E-state index contributed by atoms with van der Waals surface area (Å²) < 4.78 is 15.0. The summed E-state index contributed by atoms with van der Waals surface area (Å²) in [5, 5.41) is 3.74. The number of para-hydroxylation sites is 1. The number of methoxy groups -OCH3 is 2. The second-order valence-corrected chi connectivity index (χ2v) is 4.86.